The third-order valence-corrected chi connectivity index (χ3v) is 2.84. The van der Waals surface area contributed by atoms with E-state index in [1.807, 2.05) is 6.07 Å². The summed E-state index contributed by atoms with van der Waals surface area (Å²) >= 11 is 0. The second-order valence-corrected chi connectivity index (χ2v) is 4.24. The summed E-state index contributed by atoms with van der Waals surface area (Å²) < 4.78 is 0. The van der Waals surface area contributed by atoms with E-state index in [9.17, 15) is 9.59 Å². The molecular formula is C13H14N2O3. The highest BCUT2D eigenvalue weighted by Crippen LogP contribution is 2.41. The molecule has 0 bridgehead atoms. The highest BCUT2D eigenvalue weighted by Gasteiger charge is 2.28. The molecule has 2 N–H and O–H groups in total. The number of allylic oxidation sites excluding steroid dienone is 1. The average molecular weight is 246 g/mol. The van der Waals surface area contributed by atoms with E-state index in [0.29, 0.717) is 17.3 Å². The Kier molecular flexibility index (Phi) is 3.41. The van der Waals surface area contributed by atoms with Gasteiger partial charge in [0.1, 0.15) is 5.69 Å². The van der Waals surface area contributed by atoms with Crippen LogP contribution in [0.4, 0.5) is 4.79 Å². The SMILES string of the molecule is C=CC(=O)c1nc(CNC(=O)O)ccc1C1CC1. The van der Waals surface area contributed by atoms with E-state index in [4.69, 9.17) is 5.11 Å². The van der Waals surface area contributed by atoms with Gasteiger partial charge in [-0.2, -0.15) is 0 Å². The quantitative estimate of drug-likeness (QED) is 0.616. The van der Waals surface area contributed by atoms with E-state index < -0.39 is 6.09 Å². The number of nitrogens with one attached hydrogen (secondary N) is 1. The average Bonchev–Trinajstić information content (AvgIpc) is 3.19. The van der Waals surface area contributed by atoms with Crippen molar-refractivity contribution in [3.63, 3.8) is 0 Å². The first-order valence-electron chi connectivity index (χ1n) is 5.75. The summed E-state index contributed by atoms with van der Waals surface area (Å²) in [4.78, 5) is 26.4. The Balaban J connectivity index is 2.26. The van der Waals surface area contributed by atoms with Crippen LogP contribution in [0.1, 0.15) is 40.5 Å². The Hall–Kier alpha value is -2.17. The Morgan fingerprint density at radius 1 is 1.50 bits per heavy atom. The van der Waals surface area contributed by atoms with Gasteiger partial charge in [0.25, 0.3) is 0 Å². The standard InChI is InChI=1S/C13H14N2O3/c1-2-11(16)12-10(8-3-4-8)6-5-9(15-12)7-14-13(17)18/h2,5-6,8,14H,1,3-4,7H2,(H,17,18). The number of amides is 1. The van der Waals surface area contributed by atoms with Crippen molar-refractivity contribution in [2.75, 3.05) is 0 Å². The molecule has 1 aliphatic rings. The molecule has 2 rings (SSSR count). The molecule has 1 heterocycles. The molecule has 5 nitrogen and oxygen atoms in total. The maximum absolute atomic E-state index is 11.7. The third-order valence-electron chi connectivity index (χ3n) is 2.84. The van der Waals surface area contributed by atoms with Crippen LogP contribution in [0.15, 0.2) is 24.8 Å². The topological polar surface area (TPSA) is 79.3 Å². The van der Waals surface area contributed by atoms with Gasteiger partial charge >= 0.3 is 6.09 Å². The molecule has 1 saturated carbocycles. The monoisotopic (exact) mass is 246 g/mol. The predicted octanol–water partition coefficient (Wildman–Crippen LogP) is 2.10. The van der Waals surface area contributed by atoms with Gasteiger partial charge in [0.15, 0.2) is 0 Å². The zero-order valence-corrected chi connectivity index (χ0v) is 9.85. The van der Waals surface area contributed by atoms with Crippen LogP contribution in [0, 0.1) is 0 Å². The fraction of sp³-hybridized carbons (Fsp3) is 0.308. The summed E-state index contributed by atoms with van der Waals surface area (Å²) in [5.74, 6) is 0.201. The number of ketones is 1. The van der Waals surface area contributed by atoms with Gasteiger partial charge in [0.2, 0.25) is 5.78 Å². The van der Waals surface area contributed by atoms with Gasteiger partial charge in [-0.05, 0) is 36.5 Å². The predicted molar refractivity (Wildman–Crippen MR) is 65.6 cm³/mol. The molecule has 0 saturated heterocycles. The number of nitrogens with zero attached hydrogens (tertiary/aromatic N) is 1. The van der Waals surface area contributed by atoms with Gasteiger partial charge in [0.05, 0.1) is 12.2 Å². The minimum absolute atomic E-state index is 0.0949. The lowest BCUT2D eigenvalue weighted by Crippen LogP contribution is -2.21. The summed E-state index contributed by atoms with van der Waals surface area (Å²) in [5, 5.41) is 10.8. The second kappa shape index (κ2) is 5.00. The molecule has 0 aliphatic heterocycles. The van der Waals surface area contributed by atoms with Gasteiger partial charge in [-0.1, -0.05) is 12.6 Å². The number of hydrogen-bond donors (Lipinski definition) is 2. The molecule has 18 heavy (non-hydrogen) atoms. The van der Waals surface area contributed by atoms with Gasteiger partial charge < -0.3 is 10.4 Å². The zero-order valence-electron chi connectivity index (χ0n) is 9.85. The van der Waals surface area contributed by atoms with Gasteiger partial charge in [0, 0.05) is 0 Å². The molecule has 0 unspecified atom stereocenters. The van der Waals surface area contributed by atoms with Crippen molar-refractivity contribution in [1.29, 1.82) is 0 Å². The first-order valence-corrected chi connectivity index (χ1v) is 5.75. The highest BCUT2D eigenvalue weighted by molar-refractivity contribution is 6.03. The van der Waals surface area contributed by atoms with Crippen LogP contribution >= 0.6 is 0 Å². The lowest BCUT2D eigenvalue weighted by molar-refractivity contribution is 0.104. The first kappa shape index (κ1) is 12.3. The molecular weight excluding hydrogens is 232 g/mol. The zero-order chi connectivity index (χ0) is 13.1. The Labute approximate surface area is 105 Å². The van der Waals surface area contributed by atoms with Crippen LogP contribution in [0.2, 0.25) is 0 Å². The van der Waals surface area contributed by atoms with Crippen LogP contribution in [0.3, 0.4) is 0 Å². The lowest BCUT2D eigenvalue weighted by atomic mass is 10.0. The number of pyridine rings is 1. The van der Waals surface area contributed by atoms with Crippen LogP contribution in [0.25, 0.3) is 0 Å². The number of carbonyl (C=O) groups excluding carboxylic acids is 1. The molecule has 1 aromatic rings. The number of carbonyl (C=O) groups is 2. The Morgan fingerprint density at radius 3 is 2.78 bits per heavy atom. The minimum atomic E-state index is -1.11. The Morgan fingerprint density at radius 2 is 2.22 bits per heavy atom. The fourth-order valence-corrected chi connectivity index (χ4v) is 1.79. The van der Waals surface area contributed by atoms with Crippen LogP contribution in [-0.2, 0) is 6.54 Å². The molecule has 1 aromatic heterocycles. The summed E-state index contributed by atoms with van der Waals surface area (Å²) in [5.41, 5.74) is 1.88. The van der Waals surface area contributed by atoms with Gasteiger partial charge in [-0.3, -0.25) is 4.79 Å². The van der Waals surface area contributed by atoms with Crippen molar-refractivity contribution in [3.8, 4) is 0 Å². The second-order valence-electron chi connectivity index (χ2n) is 4.24. The minimum Gasteiger partial charge on any atom is -0.465 e. The lowest BCUT2D eigenvalue weighted by Gasteiger charge is -2.08. The maximum atomic E-state index is 11.7. The molecule has 1 fully saturated rings. The van der Waals surface area contributed by atoms with Crippen molar-refractivity contribution in [2.45, 2.75) is 25.3 Å². The largest absolute Gasteiger partial charge is 0.465 e. The molecule has 94 valence electrons. The molecule has 0 atom stereocenters. The normalized spacial score (nSPS) is 14.0. The van der Waals surface area contributed by atoms with E-state index in [2.05, 4.69) is 16.9 Å². The van der Waals surface area contributed by atoms with Gasteiger partial charge in [-0.15, -0.1) is 0 Å². The number of carboxylic acid groups (broad SMARTS) is 1. The Bertz CT molecular complexity index is 507. The summed E-state index contributed by atoms with van der Waals surface area (Å²) in [7, 11) is 0. The van der Waals surface area contributed by atoms with Crippen LogP contribution in [-0.4, -0.2) is 22.0 Å². The number of rotatable bonds is 5. The highest BCUT2D eigenvalue weighted by atomic mass is 16.4. The molecule has 1 aliphatic carbocycles. The van der Waals surface area contributed by atoms with E-state index in [1.54, 1.807) is 6.07 Å². The molecule has 0 radical (unpaired) electrons. The van der Waals surface area contributed by atoms with Crippen LogP contribution in [0.5, 0.6) is 0 Å². The summed E-state index contributed by atoms with van der Waals surface area (Å²) in [6, 6.07) is 3.61. The van der Waals surface area contributed by atoms with Crippen molar-refractivity contribution in [1.82, 2.24) is 10.3 Å². The van der Waals surface area contributed by atoms with E-state index in [-0.39, 0.29) is 12.3 Å². The molecule has 1 amide bonds. The molecule has 0 spiro atoms. The van der Waals surface area contributed by atoms with E-state index in [1.165, 1.54) is 6.08 Å². The van der Waals surface area contributed by atoms with Crippen LogP contribution < -0.4 is 5.32 Å². The third kappa shape index (κ3) is 2.74. The molecule has 5 heteroatoms. The fourth-order valence-electron chi connectivity index (χ4n) is 1.79. The summed E-state index contributed by atoms with van der Waals surface area (Å²) in [6.07, 6.45) is 2.28. The van der Waals surface area contributed by atoms with E-state index >= 15 is 0 Å². The first-order chi connectivity index (χ1) is 8.61. The van der Waals surface area contributed by atoms with E-state index in [0.717, 1.165) is 18.4 Å². The van der Waals surface area contributed by atoms with Crippen molar-refractivity contribution >= 4 is 11.9 Å². The van der Waals surface area contributed by atoms with Crippen molar-refractivity contribution in [2.24, 2.45) is 0 Å². The van der Waals surface area contributed by atoms with Crippen molar-refractivity contribution < 1.29 is 14.7 Å². The van der Waals surface area contributed by atoms with Gasteiger partial charge in [-0.25, -0.2) is 9.78 Å². The molecule has 0 aromatic carbocycles. The van der Waals surface area contributed by atoms with Crippen molar-refractivity contribution in [3.05, 3.63) is 41.7 Å². The summed E-state index contributed by atoms with van der Waals surface area (Å²) in [6.45, 7) is 3.56. The number of aromatic nitrogens is 1. The number of hydrogen-bond acceptors (Lipinski definition) is 3. The smallest absolute Gasteiger partial charge is 0.404 e. The maximum Gasteiger partial charge on any atom is 0.404 e.